The first-order chi connectivity index (χ1) is 42.0. The van der Waals surface area contributed by atoms with Crippen LogP contribution < -0.4 is 29.9 Å². The molecule has 2 aromatic heterocycles. The molecular weight excluding hydrogens is 1250 g/mol. The van der Waals surface area contributed by atoms with Gasteiger partial charge in [0.05, 0.1) is 0 Å². The van der Waals surface area contributed by atoms with Crippen LogP contribution >= 0.6 is 0 Å². The van der Waals surface area contributed by atoms with Crippen LogP contribution in [0, 0.1) is 0 Å². The number of benzene rings is 12. The molecule has 4 aliphatic heterocycles. The second kappa shape index (κ2) is 18.9. The second-order valence-corrected chi connectivity index (χ2v) is 25.4. The van der Waals surface area contributed by atoms with Crippen LogP contribution in [-0.4, -0.2) is 52.9 Å². The van der Waals surface area contributed by atoms with Crippen molar-refractivity contribution in [3.63, 3.8) is 0 Å². The number of hydrogen-bond donors (Lipinski definition) is 0. The van der Waals surface area contributed by atoms with Crippen LogP contribution in [0.4, 0.5) is 11.6 Å². The summed E-state index contributed by atoms with van der Waals surface area (Å²) in [6.07, 6.45) is 0. The summed E-state index contributed by atoms with van der Waals surface area (Å²) in [4.78, 5) is 33.7. The van der Waals surface area contributed by atoms with Crippen molar-refractivity contribution in [2.24, 2.45) is 30.0 Å². The molecule has 0 radical (unpaired) electrons. The maximum atomic E-state index is 7.09. The molecular formula is C72H40N8O4Pb+2. The number of nitrogens with zero attached hydrogens (tertiary/aromatic N) is 8. The van der Waals surface area contributed by atoms with Gasteiger partial charge >= 0.3 is 488 Å². The van der Waals surface area contributed by atoms with Crippen LogP contribution in [-0.2, 0) is 0 Å². The molecule has 0 atom stereocenters. The van der Waals surface area contributed by atoms with Crippen molar-refractivity contribution in [2.75, 3.05) is 0 Å². The van der Waals surface area contributed by atoms with Crippen molar-refractivity contribution >= 4 is 124 Å². The van der Waals surface area contributed by atoms with Crippen molar-refractivity contribution in [3.05, 3.63) is 276 Å². The number of hydrogen-bond acceptors (Lipinski definition) is 10. The van der Waals surface area contributed by atoms with Gasteiger partial charge < -0.3 is 0 Å². The van der Waals surface area contributed by atoms with Gasteiger partial charge in [0.2, 0.25) is 0 Å². The van der Waals surface area contributed by atoms with Crippen LogP contribution in [0.15, 0.2) is 273 Å². The predicted octanol–water partition coefficient (Wildman–Crippen LogP) is 16.3. The van der Waals surface area contributed by atoms with Gasteiger partial charge in [-0.15, -0.1) is 0 Å². The summed E-state index contributed by atoms with van der Waals surface area (Å²) < 4.78 is 32.7. The van der Waals surface area contributed by atoms with Gasteiger partial charge in [0.1, 0.15) is 0 Å². The fourth-order valence-corrected chi connectivity index (χ4v) is 17.0. The van der Waals surface area contributed by atoms with E-state index in [9.17, 15) is 0 Å². The van der Waals surface area contributed by atoms with Gasteiger partial charge in [0.25, 0.3) is 0 Å². The van der Waals surface area contributed by atoms with Crippen molar-refractivity contribution in [2.45, 2.75) is 0 Å². The Morgan fingerprint density at radius 3 is 1.18 bits per heavy atom. The Morgan fingerprint density at radius 1 is 0.271 bits per heavy atom. The van der Waals surface area contributed by atoms with Gasteiger partial charge in [0, 0.05) is 0 Å². The SMILES string of the molecule is c1cc(Oc2ccc3ccccc3c2)c2c(c1)C1=Nc3c4c(Oc5ccc6ccccc6c5)cccc4c4[n]3[Pb+2][n]3c(c5cccc(Oc6ccc7ccccc7c6)c5c3=NC3=NC(=N4)c4c(Oc5ccc6ccccc6c5)cccc43)=NC2=N1. The molecule has 6 heterocycles. The Bertz CT molecular complexity index is 5560. The van der Waals surface area contributed by atoms with E-state index in [1.165, 1.54) is 0 Å². The number of rotatable bonds is 8. The molecule has 14 aromatic rings. The molecule has 13 heteroatoms. The Labute approximate surface area is 496 Å². The normalized spacial score (nSPS) is 13.4. The standard InChI is InChI=1S/C72H40N8O4.Pb/c1-5-17-45-37-49(33-29-41(45)13-1)81-57-25-9-21-53-61(57)69-73-65(53)78-70-63-55(23-11-27-59(63)83-51-35-31-43-15-3-7-19-47(43)39-51)67(75-70)80-72-64-56(24-12-28-60(64)84-52-36-32-44-16-4-8-20-48(44)40-52)68(76-72)79-71-62-54(66(74-71)77-69)22-10-26-58(62)82-50-34-30-42-14-2-6-18-46(42)38-50;/h1-40H;/q-2;+4. The summed E-state index contributed by atoms with van der Waals surface area (Å²) in [5.41, 5.74) is 4.25. The van der Waals surface area contributed by atoms with E-state index in [1.807, 2.05) is 133 Å². The zero-order valence-electron chi connectivity index (χ0n) is 44.8. The number of amidine groups is 4. The van der Waals surface area contributed by atoms with Crippen LogP contribution in [0.5, 0.6) is 46.0 Å². The van der Waals surface area contributed by atoms with Gasteiger partial charge in [-0.05, 0) is 0 Å². The topological polar surface area (TPSA) is 121 Å². The van der Waals surface area contributed by atoms with Crippen molar-refractivity contribution in [1.82, 2.24) is 4.75 Å². The second-order valence-electron chi connectivity index (χ2n) is 21.2. The molecule has 4 aliphatic rings. The van der Waals surface area contributed by atoms with E-state index in [4.69, 9.17) is 48.9 Å². The summed E-state index contributed by atoms with van der Waals surface area (Å²) in [6.45, 7) is 0. The number of ether oxygens (including phenoxy) is 4. The Balaban J connectivity index is 0.931. The molecule has 85 heavy (non-hydrogen) atoms. The third-order valence-corrected chi connectivity index (χ3v) is 20.9. The van der Waals surface area contributed by atoms with Gasteiger partial charge in [0.15, 0.2) is 0 Å². The summed E-state index contributed by atoms with van der Waals surface area (Å²) in [7, 11) is 0. The summed E-state index contributed by atoms with van der Waals surface area (Å²) in [6, 6.07) is 82.0. The van der Waals surface area contributed by atoms with Crippen molar-refractivity contribution in [1.29, 1.82) is 0 Å². The zero-order valence-corrected chi connectivity index (χ0v) is 48.7. The molecule has 0 aliphatic carbocycles. The maximum absolute atomic E-state index is 7.09. The summed E-state index contributed by atoms with van der Waals surface area (Å²) in [5, 5.41) is 11.9. The number of aromatic nitrogens is 2. The molecule has 0 unspecified atom stereocenters. The minimum atomic E-state index is -2.72. The predicted molar refractivity (Wildman–Crippen MR) is 337 cm³/mol. The van der Waals surface area contributed by atoms with E-state index in [-0.39, 0.29) is 0 Å². The molecule has 0 saturated heterocycles. The fraction of sp³-hybridized carbons (Fsp3) is 0. The summed E-state index contributed by atoms with van der Waals surface area (Å²) in [5.74, 6) is 8.25. The van der Waals surface area contributed by atoms with Crippen LogP contribution in [0.1, 0.15) is 22.3 Å². The van der Waals surface area contributed by atoms with Gasteiger partial charge in [-0.25, -0.2) is 0 Å². The molecule has 0 fully saturated rings. The van der Waals surface area contributed by atoms with E-state index in [0.717, 1.165) is 75.8 Å². The van der Waals surface area contributed by atoms with E-state index >= 15 is 0 Å². The first-order valence-electron chi connectivity index (χ1n) is 27.9. The first-order valence-corrected chi connectivity index (χ1v) is 31.4. The minimum absolute atomic E-state index is 0.449. The van der Waals surface area contributed by atoms with E-state index in [2.05, 4.69) is 114 Å². The number of fused-ring (bicyclic) bond motifs is 18. The van der Waals surface area contributed by atoms with E-state index in [1.54, 1.807) is 0 Å². The van der Waals surface area contributed by atoms with E-state index < -0.39 is 24.8 Å². The molecule has 18 rings (SSSR count). The van der Waals surface area contributed by atoms with Gasteiger partial charge in [-0.2, -0.15) is 0 Å². The molecule has 12 nitrogen and oxygen atoms in total. The van der Waals surface area contributed by atoms with Crippen LogP contribution in [0.25, 0.3) is 64.6 Å². The third kappa shape index (κ3) is 7.86. The van der Waals surface area contributed by atoms with Crippen LogP contribution in [0.2, 0.25) is 0 Å². The van der Waals surface area contributed by atoms with Crippen LogP contribution in [0.3, 0.4) is 0 Å². The molecule has 6 bridgehead atoms. The molecule has 0 N–H and O–H groups in total. The Kier molecular flexibility index (Phi) is 10.6. The molecule has 12 aromatic carbocycles. The monoisotopic (exact) mass is 1290 g/mol. The molecule has 0 spiro atoms. The quantitative estimate of drug-likeness (QED) is 0.141. The Hall–Kier alpha value is -10.8. The zero-order chi connectivity index (χ0) is 55.7. The van der Waals surface area contributed by atoms with Crippen molar-refractivity contribution in [3.8, 4) is 46.0 Å². The summed E-state index contributed by atoms with van der Waals surface area (Å²) >= 11 is -2.72. The average molecular weight is 1290 g/mol. The first kappa shape index (κ1) is 47.8. The van der Waals surface area contributed by atoms with Crippen molar-refractivity contribution < 1.29 is 18.9 Å². The molecule has 0 amide bonds. The third-order valence-electron chi connectivity index (χ3n) is 16.1. The number of aliphatic imine (C=N–C) groups is 4. The fourth-order valence-electron chi connectivity index (χ4n) is 12.1. The average Bonchev–Trinajstić information content (AvgIpc) is 1.71. The molecule has 0 saturated carbocycles. The van der Waals surface area contributed by atoms with E-state index in [0.29, 0.717) is 103 Å². The molecule has 394 valence electrons. The van der Waals surface area contributed by atoms with Gasteiger partial charge in [-0.1, -0.05) is 12.1 Å². The Morgan fingerprint density at radius 2 is 0.659 bits per heavy atom. The van der Waals surface area contributed by atoms with Gasteiger partial charge in [-0.3, -0.25) is 0 Å².